The lowest BCUT2D eigenvalue weighted by atomic mass is 10.1. The molecule has 0 saturated heterocycles. The van der Waals surface area contributed by atoms with Crippen molar-refractivity contribution in [3.8, 4) is 11.5 Å². The van der Waals surface area contributed by atoms with Crippen LogP contribution in [0, 0.1) is 5.41 Å². The van der Waals surface area contributed by atoms with Gasteiger partial charge in [-0.05, 0) is 35.9 Å². The van der Waals surface area contributed by atoms with Gasteiger partial charge in [-0.2, -0.15) is 0 Å². The molecule has 0 spiro atoms. The van der Waals surface area contributed by atoms with Gasteiger partial charge in [-0.25, -0.2) is 9.78 Å². The number of nitrogens with two attached hydrogens (primary N) is 1. The molecule has 2 aromatic heterocycles. The van der Waals surface area contributed by atoms with Gasteiger partial charge in [0.15, 0.2) is 5.82 Å². The van der Waals surface area contributed by atoms with Crippen LogP contribution in [0.5, 0.6) is 0 Å². The van der Waals surface area contributed by atoms with Crippen molar-refractivity contribution in [3.05, 3.63) is 83.6 Å². The fourth-order valence-corrected chi connectivity index (χ4v) is 3.26. The van der Waals surface area contributed by atoms with Gasteiger partial charge in [-0.1, -0.05) is 30.3 Å². The molecule has 0 saturated carbocycles. The molecule has 4 aromatic rings. The van der Waals surface area contributed by atoms with E-state index in [1.54, 1.807) is 30.3 Å². The zero-order chi connectivity index (χ0) is 22.7. The number of aromatic nitrogens is 3. The van der Waals surface area contributed by atoms with Crippen LogP contribution in [-0.4, -0.2) is 43.8 Å². The van der Waals surface area contributed by atoms with Crippen LogP contribution < -0.4 is 11.1 Å². The molecule has 4 rings (SSSR count). The van der Waals surface area contributed by atoms with Gasteiger partial charge in [0, 0.05) is 18.2 Å². The van der Waals surface area contributed by atoms with E-state index in [1.165, 1.54) is 6.20 Å². The summed E-state index contributed by atoms with van der Waals surface area (Å²) in [5.41, 5.74) is 9.07. The van der Waals surface area contributed by atoms with Crippen molar-refractivity contribution in [1.29, 1.82) is 5.41 Å². The number of imidazole rings is 1. The summed E-state index contributed by atoms with van der Waals surface area (Å²) in [5.74, 6) is -1.18. The molecule has 32 heavy (non-hydrogen) atoms. The van der Waals surface area contributed by atoms with Crippen LogP contribution in [0.1, 0.15) is 21.5 Å². The SMILES string of the molecule is N=C(N)c1ccc2nc(-c3ccc(C(=O)N[C@@H](Cc4ccccc4)C(=O)O)cn3)[nH]c2c1. The summed E-state index contributed by atoms with van der Waals surface area (Å²) in [4.78, 5) is 36.1. The topological polar surface area (TPSA) is 158 Å². The normalized spacial score (nSPS) is 11.8. The number of carbonyl (C=O) groups is 2. The van der Waals surface area contributed by atoms with Crippen molar-refractivity contribution in [3.63, 3.8) is 0 Å². The Hall–Kier alpha value is -4.53. The lowest BCUT2D eigenvalue weighted by Gasteiger charge is -2.14. The first kappa shape index (κ1) is 20.7. The summed E-state index contributed by atoms with van der Waals surface area (Å²) >= 11 is 0. The molecule has 0 radical (unpaired) electrons. The number of hydrogen-bond donors (Lipinski definition) is 5. The molecule has 0 bridgehead atoms. The lowest BCUT2D eigenvalue weighted by molar-refractivity contribution is -0.139. The number of aromatic amines is 1. The highest BCUT2D eigenvalue weighted by atomic mass is 16.4. The van der Waals surface area contributed by atoms with Crippen molar-refractivity contribution >= 4 is 28.7 Å². The summed E-state index contributed by atoms with van der Waals surface area (Å²) in [5, 5.41) is 19.6. The average molecular weight is 428 g/mol. The maximum Gasteiger partial charge on any atom is 0.326 e. The summed E-state index contributed by atoms with van der Waals surface area (Å²) < 4.78 is 0. The third kappa shape index (κ3) is 4.46. The number of amidine groups is 1. The summed E-state index contributed by atoms with van der Waals surface area (Å²) in [7, 11) is 0. The van der Waals surface area contributed by atoms with Crippen LogP contribution in [0.4, 0.5) is 0 Å². The second-order valence-corrected chi connectivity index (χ2v) is 7.22. The summed E-state index contributed by atoms with van der Waals surface area (Å²) in [6.07, 6.45) is 1.55. The Kier molecular flexibility index (Phi) is 5.63. The van der Waals surface area contributed by atoms with Crippen LogP contribution in [0.25, 0.3) is 22.6 Å². The highest BCUT2D eigenvalue weighted by Crippen LogP contribution is 2.20. The second kappa shape index (κ2) is 8.68. The van der Waals surface area contributed by atoms with Gasteiger partial charge in [-0.3, -0.25) is 15.2 Å². The Morgan fingerprint density at radius 2 is 1.84 bits per heavy atom. The van der Waals surface area contributed by atoms with Crippen molar-refractivity contribution in [2.45, 2.75) is 12.5 Å². The first-order valence-electron chi connectivity index (χ1n) is 9.79. The zero-order valence-electron chi connectivity index (χ0n) is 16.9. The Bertz CT molecular complexity index is 1300. The number of hydrogen-bond acceptors (Lipinski definition) is 5. The number of nitrogens with zero attached hydrogens (tertiary/aromatic N) is 2. The van der Waals surface area contributed by atoms with Crippen LogP contribution in [0.3, 0.4) is 0 Å². The fraction of sp³-hybridized carbons (Fsp3) is 0.0870. The predicted octanol–water partition coefficient (Wildman–Crippen LogP) is 2.33. The highest BCUT2D eigenvalue weighted by Gasteiger charge is 2.21. The molecule has 160 valence electrons. The van der Waals surface area contributed by atoms with Crippen molar-refractivity contribution in [1.82, 2.24) is 20.3 Å². The van der Waals surface area contributed by atoms with E-state index in [9.17, 15) is 14.7 Å². The maximum atomic E-state index is 12.6. The van der Waals surface area contributed by atoms with E-state index < -0.39 is 17.9 Å². The molecule has 0 aliphatic rings. The van der Waals surface area contributed by atoms with Crippen LogP contribution in [0.2, 0.25) is 0 Å². The van der Waals surface area contributed by atoms with E-state index in [0.717, 1.165) is 5.56 Å². The maximum absolute atomic E-state index is 12.6. The largest absolute Gasteiger partial charge is 0.480 e. The molecule has 9 nitrogen and oxygen atoms in total. The van der Waals surface area contributed by atoms with E-state index in [-0.39, 0.29) is 17.8 Å². The van der Waals surface area contributed by atoms with Gasteiger partial charge in [-0.15, -0.1) is 0 Å². The van der Waals surface area contributed by atoms with Gasteiger partial charge in [0.25, 0.3) is 5.91 Å². The van der Waals surface area contributed by atoms with Crippen LogP contribution >= 0.6 is 0 Å². The molecule has 6 N–H and O–H groups in total. The van der Waals surface area contributed by atoms with Gasteiger partial charge in [0.1, 0.15) is 17.6 Å². The molecule has 9 heteroatoms. The van der Waals surface area contributed by atoms with E-state index in [0.29, 0.717) is 28.1 Å². The summed E-state index contributed by atoms with van der Waals surface area (Å²) in [6.45, 7) is 0. The smallest absolute Gasteiger partial charge is 0.326 e. The number of carboxylic acid groups (broad SMARTS) is 1. The third-order valence-corrected chi connectivity index (χ3v) is 4.95. The Labute approximate surface area is 182 Å². The first-order valence-corrected chi connectivity index (χ1v) is 9.79. The number of aliphatic carboxylic acids is 1. The molecule has 2 heterocycles. The first-order chi connectivity index (χ1) is 15.4. The fourth-order valence-electron chi connectivity index (χ4n) is 3.26. The monoisotopic (exact) mass is 428 g/mol. The Morgan fingerprint density at radius 3 is 2.50 bits per heavy atom. The van der Waals surface area contributed by atoms with Gasteiger partial charge < -0.3 is 21.1 Å². The minimum Gasteiger partial charge on any atom is -0.480 e. The van der Waals surface area contributed by atoms with Crippen molar-refractivity contribution in [2.75, 3.05) is 0 Å². The number of fused-ring (bicyclic) bond motifs is 1. The second-order valence-electron chi connectivity index (χ2n) is 7.22. The Balaban J connectivity index is 1.50. The van der Waals surface area contributed by atoms with Gasteiger partial charge in [0.05, 0.1) is 16.6 Å². The standard InChI is InChI=1S/C23H20N6O3/c24-20(25)14-6-8-16-18(11-14)28-21(27-16)17-9-7-15(12-26-17)22(30)29-19(23(31)32)10-13-4-2-1-3-5-13/h1-9,11-12,19H,10H2,(H3,24,25)(H,27,28)(H,29,30)(H,31,32)/t19-/m0/s1. The molecule has 0 unspecified atom stereocenters. The summed E-state index contributed by atoms with van der Waals surface area (Å²) in [6, 6.07) is 16.4. The number of benzene rings is 2. The number of pyridine rings is 1. The van der Waals surface area contributed by atoms with E-state index in [4.69, 9.17) is 11.1 Å². The van der Waals surface area contributed by atoms with Crippen LogP contribution in [-0.2, 0) is 11.2 Å². The van der Waals surface area contributed by atoms with E-state index in [2.05, 4.69) is 20.3 Å². The Morgan fingerprint density at radius 1 is 1.09 bits per heavy atom. The van der Waals surface area contributed by atoms with E-state index >= 15 is 0 Å². The molecule has 1 atom stereocenters. The number of amides is 1. The lowest BCUT2D eigenvalue weighted by Crippen LogP contribution is -2.42. The minimum absolute atomic E-state index is 0.0385. The van der Waals surface area contributed by atoms with Crippen molar-refractivity contribution in [2.24, 2.45) is 5.73 Å². The average Bonchev–Trinajstić information content (AvgIpc) is 3.22. The third-order valence-electron chi connectivity index (χ3n) is 4.95. The van der Waals surface area contributed by atoms with E-state index in [1.807, 2.05) is 30.3 Å². The highest BCUT2D eigenvalue weighted by molar-refractivity contribution is 5.98. The zero-order valence-corrected chi connectivity index (χ0v) is 16.9. The minimum atomic E-state index is -1.11. The molecule has 0 aliphatic carbocycles. The molecule has 0 fully saturated rings. The predicted molar refractivity (Wildman–Crippen MR) is 119 cm³/mol. The van der Waals surface area contributed by atoms with Gasteiger partial charge >= 0.3 is 5.97 Å². The number of carboxylic acids is 1. The van der Waals surface area contributed by atoms with Gasteiger partial charge in [0.2, 0.25) is 0 Å². The van der Waals surface area contributed by atoms with Crippen molar-refractivity contribution < 1.29 is 14.7 Å². The van der Waals surface area contributed by atoms with Crippen LogP contribution in [0.15, 0.2) is 66.9 Å². The number of rotatable bonds is 7. The number of carbonyl (C=O) groups excluding carboxylic acids is 1. The number of H-pyrrole nitrogens is 1. The quantitative estimate of drug-likeness (QED) is 0.224. The number of nitrogen functional groups attached to an aromatic ring is 1. The molecule has 1 amide bonds. The molecule has 0 aliphatic heterocycles. The molecule has 2 aromatic carbocycles. The number of nitrogens with one attached hydrogen (secondary N) is 3. The molecular weight excluding hydrogens is 408 g/mol. The molecular formula is C23H20N6O3.